The van der Waals surface area contributed by atoms with Gasteiger partial charge in [0.2, 0.25) is 0 Å². The van der Waals surface area contributed by atoms with Crippen LogP contribution in [0, 0.1) is 29.7 Å². The van der Waals surface area contributed by atoms with Crippen LogP contribution in [0.3, 0.4) is 0 Å². The third-order valence-electron chi connectivity index (χ3n) is 5.89. The zero-order valence-electron chi connectivity index (χ0n) is 17.8. The van der Waals surface area contributed by atoms with Gasteiger partial charge >= 0.3 is 21.7 Å². The van der Waals surface area contributed by atoms with Crippen molar-refractivity contribution in [3.05, 3.63) is 28.5 Å². The maximum atomic E-state index is 10.7. The van der Waals surface area contributed by atoms with Gasteiger partial charge in [0.25, 0.3) is 0 Å². The van der Waals surface area contributed by atoms with E-state index in [9.17, 15) is 4.79 Å². The van der Waals surface area contributed by atoms with Crippen molar-refractivity contribution < 1.29 is 51.3 Å². The normalized spacial score (nSPS) is 27.0. The smallest absolute Gasteiger partial charge is 1.00 e. The summed E-state index contributed by atoms with van der Waals surface area (Å²) < 4.78 is 0. The van der Waals surface area contributed by atoms with Crippen LogP contribution in [0.4, 0.5) is 0 Å². The van der Waals surface area contributed by atoms with Gasteiger partial charge in [-0.1, -0.05) is 59.0 Å². The molecule has 1 N–H and O–H groups in total. The number of nitrogens with one attached hydrogen (secondary N) is 1. The Hall–Kier alpha value is 0.461. The average Bonchev–Trinajstić information content (AvgIpc) is 3.23. The minimum absolute atomic E-state index is 0. The van der Waals surface area contributed by atoms with Gasteiger partial charge in [-0.2, -0.15) is 11.1 Å². The number of hydrogen-bond donors (Lipinski definition) is 0. The largest absolute Gasteiger partial charge is 4.00 e. The van der Waals surface area contributed by atoms with E-state index in [1.165, 1.54) is 48.1 Å². The molecule has 2 nitrogen and oxygen atoms in total. The number of carbonyl (C=O) groups is 1. The Morgan fingerprint density at radius 2 is 1.67 bits per heavy atom. The molecule has 1 radical (unpaired) electrons. The molecular formula is C21H36Cl2NOSiTi. The second-order valence-corrected chi connectivity index (χ2v) is 9.76. The summed E-state index contributed by atoms with van der Waals surface area (Å²) in [6, 6.07) is 2.85. The third kappa shape index (κ3) is 10.2. The van der Waals surface area contributed by atoms with Crippen molar-refractivity contribution in [2.45, 2.75) is 79.3 Å². The van der Waals surface area contributed by atoms with Crippen molar-refractivity contribution in [3.63, 3.8) is 0 Å². The van der Waals surface area contributed by atoms with Crippen LogP contribution in [0.25, 0.3) is 5.73 Å². The van der Waals surface area contributed by atoms with E-state index >= 15 is 0 Å². The molecule has 27 heavy (non-hydrogen) atoms. The van der Waals surface area contributed by atoms with E-state index in [4.69, 9.17) is 5.73 Å². The summed E-state index contributed by atoms with van der Waals surface area (Å²) >= 11 is 0. The Morgan fingerprint density at radius 1 is 1.11 bits per heavy atom. The second-order valence-electron chi connectivity index (χ2n) is 7.55. The van der Waals surface area contributed by atoms with Crippen molar-refractivity contribution in [1.29, 1.82) is 0 Å². The van der Waals surface area contributed by atoms with Crippen LogP contribution in [-0.4, -0.2) is 15.4 Å². The predicted molar refractivity (Wildman–Crippen MR) is 106 cm³/mol. The van der Waals surface area contributed by atoms with Gasteiger partial charge in [0.05, 0.1) is 5.91 Å². The van der Waals surface area contributed by atoms with E-state index in [-0.39, 0.29) is 58.4 Å². The number of rotatable bonds is 3. The first kappa shape index (κ1) is 32.1. The first-order chi connectivity index (χ1) is 11.3. The average molecular weight is 465 g/mol. The molecule has 3 rings (SSSR count). The molecule has 4 unspecified atom stereocenters. The second kappa shape index (κ2) is 16.3. The molecule has 2 fully saturated rings. The van der Waals surface area contributed by atoms with Gasteiger partial charge in [-0.25, -0.2) is 5.57 Å². The first-order valence-electron chi connectivity index (χ1n) is 9.66. The summed E-state index contributed by atoms with van der Waals surface area (Å²) in [5.74, 6) is 1.76. The van der Waals surface area contributed by atoms with Crippen LogP contribution in [0.1, 0.15) is 67.2 Å². The van der Waals surface area contributed by atoms with Crippen LogP contribution in [-0.2, 0) is 26.5 Å². The van der Waals surface area contributed by atoms with E-state index in [1.54, 1.807) is 0 Å². The van der Waals surface area contributed by atoms with E-state index in [0.717, 1.165) is 21.9 Å². The van der Waals surface area contributed by atoms with Crippen molar-refractivity contribution in [2.75, 3.05) is 0 Å². The van der Waals surface area contributed by atoms with Crippen molar-refractivity contribution in [2.24, 2.45) is 23.7 Å². The molecule has 0 aromatic rings. The molecule has 3 aliphatic rings. The maximum Gasteiger partial charge on any atom is 4.00 e. The quantitative estimate of drug-likeness (QED) is 0.429. The summed E-state index contributed by atoms with van der Waals surface area (Å²) in [6.45, 7) is 13.2. The zero-order chi connectivity index (χ0) is 18.3. The molecule has 0 saturated heterocycles. The van der Waals surface area contributed by atoms with Gasteiger partial charge < -0.3 is 35.3 Å². The minimum Gasteiger partial charge on any atom is -1.00 e. The number of carbonyl (C=O) groups excluding carboxylic acids is 1. The summed E-state index contributed by atoms with van der Waals surface area (Å²) in [7, 11) is 0.815. The molecular weight excluding hydrogens is 429 g/mol. The Kier molecular flexibility index (Phi) is 19.4. The van der Waals surface area contributed by atoms with Crippen molar-refractivity contribution in [1.82, 2.24) is 0 Å². The summed E-state index contributed by atoms with van der Waals surface area (Å²) in [5.41, 5.74) is 11.2. The van der Waals surface area contributed by atoms with Gasteiger partial charge in [0, 0.05) is 15.4 Å². The molecule has 4 atom stereocenters. The predicted octanol–water partition coefficient (Wildman–Crippen LogP) is 0.0282. The first-order valence-corrected chi connectivity index (χ1v) is 11.3. The van der Waals surface area contributed by atoms with Crippen LogP contribution in [0.2, 0.25) is 12.1 Å². The number of halogens is 2. The molecule has 3 aliphatic carbocycles. The number of fused-ring (bicyclic) bond motifs is 2. The molecule has 1 amide bonds. The number of hydrogen-bond acceptors (Lipinski definition) is 1. The molecule has 0 aromatic heterocycles. The fourth-order valence-electron chi connectivity index (χ4n) is 4.02. The van der Waals surface area contributed by atoms with Gasteiger partial charge in [0.1, 0.15) is 0 Å². The maximum absolute atomic E-state index is 10.7. The van der Waals surface area contributed by atoms with Gasteiger partial charge in [-0.3, -0.25) is 6.08 Å². The van der Waals surface area contributed by atoms with Gasteiger partial charge in [0.15, 0.2) is 0 Å². The molecule has 0 spiro atoms. The molecule has 0 aromatic carbocycles. The molecule has 6 heteroatoms. The van der Waals surface area contributed by atoms with Gasteiger partial charge in [-0.15, -0.1) is 6.92 Å². The Morgan fingerprint density at radius 3 is 1.81 bits per heavy atom. The van der Waals surface area contributed by atoms with E-state index in [1.807, 2.05) is 0 Å². The molecule has 0 heterocycles. The van der Waals surface area contributed by atoms with Crippen molar-refractivity contribution >= 4 is 15.4 Å². The Bertz CT molecular complexity index is 495. The standard InChI is InChI=1S/C9H13.C8H13NO.C4H11Si.2ClH.Ti/c1-6-5-7(2)9(4)8(6)3;9-8(10)7-4-5-1-2-6(7)3-5;1-3-5-4-2;;;/h6H,1-4H3;5-7H,1-4H2,(H2,9,10);5H,3-4H2,1-2H3;2*1H;/q-1;;;;;+4/p-3. The summed E-state index contributed by atoms with van der Waals surface area (Å²) in [6.07, 6.45) is 8.13. The molecule has 2 saturated carbocycles. The van der Waals surface area contributed by atoms with E-state index < -0.39 is 0 Å². The van der Waals surface area contributed by atoms with E-state index in [0.29, 0.717) is 11.8 Å². The number of allylic oxidation sites excluding steroid dienone is 4. The number of amides is 1. The summed E-state index contributed by atoms with van der Waals surface area (Å²) in [4.78, 5) is 10.7. The third-order valence-corrected chi connectivity index (χ3v) is 7.04. The molecule has 0 aliphatic heterocycles. The minimum atomic E-state index is -0.313. The zero-order valence-corrected chi connectivity index (χ0v) is 22.0. The Balaban J connectivity index is -0.000000319. The van der Waals surface area contributed by atoms with Crippen LogP contribution in [0.15, 0.2) is 16.7 Å². The van der Waals surface area contributed by atoms with Gasteiger partial charge in [-0.05, 0) is 31.1 Å². The van der Waals surface area contributed by atoms with Crippen molar-refractivity contribution in [3.8, 4) is 0 Å². The topological polar surface area (TPSA) is 40.9 Å². The fraction of sp³-hybridized carbons (Fsp3) is 0.762. The Labute approximate surface area is 197 Å². The SMILES string of the molecule is CC1=[C-]C(C)C(C)=C1C.CC[SiH]CC.[Cl-].[Cl-].[NH-]C(=O)C1CC2CCC1C2.[Ti+4]. The van der Waals surface area contributed by atoms with Crippen LogP contribution < -0.4 is 24.8 Å². The summed E-state index contributed by atoms with van der Waals surface area (Å²) in [5, 5.41) is 0. The molecule has 153 valence electrons. The van der Waals surface area contributed by atoms with Crippen LogP contribution >= 0.6 is 0 Å². The molecule has 2 bridgehead atoms. The van der Waals surface area contributed by atoms with Crippen LogP contribution in [0.5, 0.6) is 0 Å². The monoisotopic (exact) mass is 464 g/mol. The van der Waals surface area contributed by atoms with E-state index in [2.05, 4.69) is 47.6 Å². The fourth-order valence-corrected chi connectivity index (χ4v) is 4.59.